The number of hydrogen-bond donors (Lipinski definition) is 2. The van der Waals surface area contributed by atoms with Crippen LogP contribution in [0, 0.1) is 0 Å². The van der Waals surface area contributed by atoms with Gasteiger partial charge < -0.3 is 4.98 Å². The van der Waals surface area contributed by atoms with Crippen molar-refractivity contribution in [3.05, 3.63) is 58.4 Å². The largest absolute Gasteiger partial charge is 0.358 e. The van der Waals surface area contributed by atoms with Gasteiger partial charge in [0.2, 0.25) is 5.82 Å². The van der Waals surface area contributed by atoms with E-state index < -0.39 is 0 Å². The SMILES string of the molecule is CC1(c2[nH]c3cc(Cl)ccc3c2Cc2cccc(-c3nn[nH]n3)n2)CC1. The molecule has 130 valence electrons. The summed E-state index contributed by atoms with van der Waals surface area (Å²) in [4.78, 5) is 8.35. The first-order valence-electron chi connectivity index (χ1n) is 8.63. The molecule has 1 aliphatic rings. The molecule has 26 heavy (non-hydrogen) atoms. The van der Waals surface area contributed by atoms with E-state index in [2.05, 4.69) is 38.6 Å². The Balaban J connectivity index is 1.60. The number of nitrogens with zero attached hydrogens (tertiary/aromatic N) is 4. The highest BCUT2D eigenvalue weighted by molar-refractivity contribution is 6.31. The molecule has 2 N–H and O–H groups in total. The third-order valence-corrected chi connectivity index (χ3v) is 5.45. The Morgan fingerprint density at radius 2 is 2.08 bits per heavy atom. The molecule has 3 aromatic heterocycles. The van der Waals surface area contributed by atoms with Crippen molar-refractivity contribution < 1.29 is 0 Å². The second kappa shape index (κ2) is 5.64. The molecule has 1 aromatic carbocycles. The zero-order chi connectivity index (χ0) is 17.7. The van der Waals surface area contributed by atoms with Crippen LogP contribution in [0.2, 0.25) is 5.02 Å². The molecule has 0 bridgehead atoms. The van der Waals surface area contributed by atoms with E-state index in [9.17, 15) is 0 Å². The topological polar surface area (TPSA) is 83.1 Å². The van der Waals surface area contributed by atoms with Crippen LogP contribution >= 0.6 is 11.6 Å². The lowest BCUT2D eigenvalue weighted by molar-refractivity contribution is 0.748. The second-order valence-electron chi connectivity index (χ2n) is 7.16. The van der Waals surface area contributed by atoms with E-state index in [0.29, 0.717) is 5.82 Å². The lowest BCUT2D eigenvalue weighted by atomic mass is 9.96. The van der Waals surface area contributed by atoms with Crippen LogP contribution < -0.4 is 0 Å². The maximum atomic E-state index is 6.19. The number of hydrogen-bond acceptors (Lipinski definition) is 4. The molecule has 7 heteroatoms. The number of benzene rings is 1. The van der Waals surface area contributed by atoms with E-state index in [1.54, 1.807) is 0 Å². The number of aromatic amines is 2. The lowest BCUT2D eigenvalue weighted by Gasteiger charge is -2.11. The molecule has 0 aliphatic heterocycles. The number of pyridine rings is 1. The molecular weight excluding hydrogens is 348 g/mol. The summed E-state index contributed by atoms with van der Waals surface area (Å²) >= 11 is 6.19. The molecule has 5 rings (SSSR count). The quantitative estimate of drug-likeness (QED) is 0.572. The number of tetrazole rings is 1. The van der Waals surface area contributed by atoms with E-state index in [-0.39, 0.29) is 5.41 Å². The number of rotatable bonds is 4. The van der Waals surface area contributed by atoms with E-state index in [1.807, 2.05) is 30.3 Å². The van der Waals surface area contributed by atoms with Crippen molar-refractivity contribution in [1.29, 1.82) is 0 Å². The van der Waals surface area contributed by atoms with Crippen LogP contribution in [-0.4, -0.2) is 30.6 Å². The van der Waals surface area contributed by atoms with Crippen LogP contribution in [0.25, 0.3) is 22.4 Å². The minimum absolute atomic E-state index is 0.228. The van der Waals surface area contributed by atoms with E-state index in [0.717, 1.165) is 28.3 Å². The minimum Gasteiger partial charge on any atom is -0.358 e. The third-order valence-electron chi connectivity index (χ3n) is 5.21. The molecule has 3 heterocycles. The predicted octanol–water partition coefficient (Wildman–Crippen LogP) is 4.04. The summed E-state index contributed by atoms with van der Waals surface area (Å²) < 4.78 is 0. The predicted molar refractivity (Wildman–Crippen MR) is 100 cm³/mol. The molecule has 0 atom stereocenters. The summed E-state index contributed by atoms with van der Waals surface area (Å²) in [5, 5.41) is 16.1. The Bertz CT molecular complexity index is 1090. The summed E-state index contributed by atoms with van der Waals surface area (Å²) in [6.45, 7) is 2.31. The Labute approximate surface area is 155 Å². The molecule has 1 fully saturated rings. The van der Waals surface area contributed by atoms with Gasteiger partial charge in [-0.1, -0.05) is 30.7 Å². The first kappa shape index (κ1) is 15.5. The Kier molecular flexibility index (Phi) is 3.37. The lowest BCUT2D eigenvalue weighted by Crippen LogP contribution is -2.05. The van der Waals surface area contributed by atoms with Crippen molar-refractivity contribution in [1.82, 2.24) is 30.6 Å². The van der Waals surface area contributed by atoms with Crippen molar-refractivity contribution in [3.63, 3.8) is 0 Å². The standard InChI is InChI=1S/C19H17ClN6/c1-19(7-8-19)17-14(13-6-5-11(20)9-16(13)22-17)10-12-3-2-4-15(21-12)18-23-25-26-24-18/h2-6,9,22H,7-8,10H2,1H3,(H,23,24,25,26). The molecule has 4 aromatic rings. The molecule has 1 aliphatic carbocycles. The summed E-state index contributed by atoms with van der Waals surface area (Å²) in [6, 6.07) is 12.0. The molecule has 0 radical (unpaired) electrons. The monoisotopic (exact) mass is 364 g/mol. The van der Waals surface area contributed by atoms with E-state index in [1.165, 1.54) is 29.5 Å². The Hall–Kier alpha value is -2.73. The van der Waals surface area contributed by atoms with Crippen molar-refractivity contribution in [2.75, 3.05) is 0 Å². The number of halogens is 1. The van der Waals surface area contributed by atoms with Crippen LogP contribution in [0.3, 0.4) is 0 Å². The van der Waals surface area contributed by atoms with Gasteiger partial charge in [0.05, 0.1) is 0 Å². The van der Waals surface area contributed by atoms with Gasteiger partial charge in [-0.05, 0) is 47.9 Å². The number of fused-ring (bicyclic) bond motifs is 1. The molecule has 0 amide bonds. The maximum Gasteiger partial charge on any atom is 0.222 e. The number of nitrogens with one attached hydrogen (secondary N) is 2. The van der Waals surface area contributed by atoms with Gasteiger partial charge in [0, 0.05) is 39.1 Å². The fraction of sp³-hybridized carbons (Fsp3) is 0.263. The molecule has 0 spiro atoms. The fourth-order valence-electron chi connectivity index (χ4n) is 3.52. The average molecular weight is 365 g/mol. The molecule has 6 nitrogen and oxygen atoms in total. The van der Waals surface area contributed by atoms with Gasteiger partial charge in [-0.15, -0.1) is 10.2 Å². The van der Waals surface area contributed by atoms with E-state index >= 15 is 0 Å². The molecular formula is C19H17ClN6. The smallest absolute Gasteiger partial charge is 0.222 e. The van der Waals surface area contributed by atoms with Gasteiger partial charge in [0.15, 0.2) is 0 Å². The molecule has 1 saturated carbocycles. The Morgan fingerprint density at radius 1 is 1.19 bits per heavy atom. The molecule has 0 saturated heterocycles. The maximum absolute atomic E-state index is 6.19. The number of H-pyrrole nitrogens is 2. The van der Waals surface area contributed by atoms with Crippen molar-refractivity contribution in [2.45, 2.75) is 31.6 Å². The van der Waals surface area contributed by atoms with Gasteiger partial charge in [-0.25, -0.2) is 4.98 Å². The van der Waals surface area contributed by atoms with Crippen LogP contribution in [0.1, 0.15) is 36.7 Å². The van der Waals surface area contributed by atoms with Gasteiger partial charge in [0.1, 0.15) is 5.69 Å². The van der Waals surface area contributed by atoms with Crippen molar-refractivity contribution >= 4 is 22.5 Å². The number of aromatic nitrogens is 6. The van der Waals surface area contributed by atoms with Crippen LogP contribution in [-0.2, 0) is 11.8 Å². The normalized spacial score (nSPS) is 15.5. The average Bonchev–Trinajstić information content (AvgIpc) is 3.06. The first-order chi connectivity index (χ1) is 12.6. The van der Waals surface area contributed by atoms with Crippen LogP contribution in [0.4, 0.5) is 0 Å². The summed E-state index contributed by atoms with van der Waals surface area (Å²) in [6.07, 6.45) is 3.16. The third kappa shape index (κ3) is 2.57. The summed E-state index contributed by atoms with van der Waals surface area (Å²) in [7, 11) is 0. The van der Waals surface area contributed by atoms with Gasteiger partial charge in [0.25, 0.3) is 0 Å². The zero-order valence-corrected chi connectivity index (χ0v) is 15.0. The highest BCUT2D eigenvalue weighted by atomic mass is 35.5. The van der Waals surface area contributed by atoms with Crippen LogP contribution in [0.15, 0.2) is 36.4 Å². The highest BCUT2D eigenvalue weighted by Crippen LogP contribution is 2.50. The fourth-order valence-corrected chi connectivity index (χ4v) is 3.69. The van der Waals surface area contributed by atoms with Crippen molar-refractivity contribution in [3.8, 4) is 11.5 Å². The van der Waals surface area contributed by atoms with Crippen molar-refractivity contribution in [2.24, 2.45) is 0 Å². The summed E-state index contributed by atoms with van der Waals surface area (Å²) in [5.74, 6) is 0.506. The van der Waals surface area contributed by atoms with Gasteiger partial charge >= 0.3 is 0 Å². The molecule has 0 unspecified atom stereocenters. The van der Waals surface area contributed by atoms with Crippen LogP contribution in [0.5, 0.6) is 0 Å². The minimum atomic E-state index is 0.228. The first-order valence-corrected chi connectivity index (χ1v) is 9.00. The Morgan fingerprint density at radius 3 is 2.85 bits per heavy atom. The summed E-state index contributed by atoms with van der Waals surface area (Å²) in [5.41, 5.74) is 5.62. The van der Waals surface area contributed by atoms with E-state index in [4.69, 9.17) is 16.6 Å². The second-order valence-corrected chi connectivity index (χ2v) is 7.59. The highest BCUT2D eigenvalue weighted by Gasteiger charge is 2.42. The van der Waals surface area contributed by atoms with Gasteiger partial charge in [-0.2, -0.15) is 5.21 Å². The zero-order valence-electron chi connectivity index (χ0n) is 14.3. The van der Waals surface area contributed by atoms with Gasteiger partial charge in [-0.3, -0.25) is 0 Å².